The fraction of sp³-hybridized carbons (Fsp3) is 0.478. The minimum Gasteiger partial charge on any atom is -0.493 e. The van der Waals surface area contributed by atoms with E-state index >= 15 is 0 Å². The Bertz CT molecular complexity index is 780. The van der Waals surface area contributed by atoms with Crippen molar-refractivity contribution >= 4 is 35.8 Å². The number of aryl methyl sites for hydroxylation is 1. The van der Waals surface area contributed by atoms with Crippen LogP contribution in [0.2, 0.25) is 0 Å². The molecule has 1 aliphatic carbocycles. The minimum atomic E-state index is 0. The molecule has 0 bridgehead atoms. The van der Waals surface area contributed by atoms with E-state index < -0.39 is 0 Å². The lowest BCUT2D eigenvalue weighted by atomic mass is 10.1. The predicted octanol–water partition coefficient (Wildman–Crippen LogP) is 4.35. The predicted molar refractivity (Wildman–Crippen MR) is 135 cm³/mol. The monoisotopic (exact) mass is 523 g/mol. The molecule has 7 heteroatoms. The summed E-state index contributed by atoms with van der Waals surface area (Å²) in [6, 6.07) is 12.3. The van der Waals surface area contributed by atoms with E-state index in [1.807, 2.05) is 18.2 Å². The molecule has 0 amide bonds. The number of guanidine groups is 1. The fourth-order valence-corrected chi connectivity index (χ4v) is 2.97. The third kappa shape index (κ3) is 8.77. The summed E-state index contributed by atoms with van der Waals surface area (Å²) in [5.41, 5.74) is 2.39. The van der Waals surface area contributed by atoms with Gasteiger partial charge in [0.05, 0.1) is 6.61 Å². The van der Waals surface area contributed by atoms with E-state index in [9.17, 15) is 0 Å². The highest BCUT2D eigenvalue weighted by Crippen LogP contribution is 2.30. The number of ether oxygens (including phenoxy) is 1. The Balaban J connectivity index is 0.00000320. The number of rotatable bonds is 11. The molecule has 1 heterocycles. The second kappa shape index (κ2) is 13.3. The molecule has 0 aliphatic heterocycles. The molecule has 0 unspecified atom stereocenters. The molecule has 3 N–H and O–H groups in total. The fourth-order valence-electron chi connectivity index (χ4n) is 2.97. The summed E-state index contributed by atoms with van der Waals surface area (Å²) < 4.78 is 6.06. The lowest BCUT2D eigenvalue weighted by molar-refractivity contribution is 0.296. The molecule has 1 aromatic carbocycles. The zero-order valence-corrected chi connectivity index (χ0v) is 20.3. The molecular weight excluding hydrogens is 489 g/mol. The summed E-state index contributed by atoms with van der Waals surface area (Å²) in [5, 5.41) is 10.1. The largest absolute Gasteiger partial charge is 0.493 e. The first-order chi connectivity index (χ1) is 14.2. The van der Waals surface area contributed by atoms with Crippen molar-refractivity contribution in [3.05, 3.63) is 53.7 Å². The molecule has 0 saturated heterocycles. The second-order valence-electron chi connectivity index (χ2n) is 7.57. The summed E-state index contributed by atoms with van der Waals surface area (Å²) in [6.07, 6.45) is 6.52. The highest BCUT2D eigenvalue weighted by molar-refractivity contribution is 14.0. The van der Waals surface area contributed by atoms with Crippen LogP contribution < -0.4 is 20.7 Å². The third-order valence-electron chi connectivity index (χ3n) is 4.93. The van der Waals surface area contributed by atoms with Crippen LogP contribution in [0.3, 0.4) is 0 Å². The van der Waals surface area contributed by atoms with Gasteiger partial charge in [-0.15, -0.1) is 24.0 Å². The van der Waals surface area contributed by atoms with Gasteiger partial charge >= 0.3 is 0 Å². The van der Waals surface area contributed by atoms with Gasteiger partial charge in [-0.05, 0) is 62.3 Å². The van der Waals surface area contributed by atoms with Crippen LogP contribution in [0.5, 0.6) is 5.75 Å². The molecule has 1 saturated carbocycles. The molecule has 0 spiro atoms. The highest BCUT2D eigenvalue weighted by atomic mass is 127. The number of nitrogens with one attached hydrogen (secondary N) is 3. The van der Waals surface area contributed by atoms with Gasteiger partial charge in [-0.3, -0.25) is 4.99 Å². The normalized spacial score (nSPS) is 13.3. The van der Waals surface area contributed by atoms with Crippen LogP contribution in [0.25, 0.3) is 0 Å². The first kappa shape index (κ1) is 24.2. The van der Waals surface area contributed by atoms with Crippen molar-refractivity contribution in [2.45, 2.75) is 39.2 Å². The van der Waals surface area contributed by atoms with Gasteiger partial charge in [-0.25, -0.2) is 4.98 Å². The van der Waals surface area contributed by atoms with Crippen LogP contribution >= 0.6 is 24.0 Å². The van der Waals surface area contributed by atoms with Crippen LogP contribution in [0.1, 0.15) is 36.8 Å². The maximum atomic E-state index is 6.06. The van der Waals surface area contributed by atoms with Gasteiger partial charge in [0.2, 0.25) is 0 Å². The summed E-state index contributed by atoms with van der Waals surface area (Å²) in [6.45, 7) is 5.42. The molecule has 30 heavy (non-hydrogen) atoms. The number of aromatic nitrogens is 1. The molecule has 1 fully saturated rings. The Labute approximate surface area is 197 Å². The molecule has 3 rings (SSSR count). The van der Waals surface area contributed by atoms with E-state index in [1.165, 1.54) is 24.0 Å². The van der Waals surface area contributed by atoms with Crippen LogP contribution in [-0.2, 0) is 6.54 Å². The Kier molecular flexibility index (Phi) is 10.8. The zero-order valence-electron chi connectivity index (χ0n) is 18.0. The van der Waals surface area contributed by atoms with Crippen LogP contribution in [0, 0.1) is 12.8 Å². The van der Waals surface area contributed by atoms with Crippen molar-refractivity contribution in [3.63, 3.8) is 0 Å². The summed E-state index contributed by atoms with van der Waals surface area (Å²) >= 11 is 0. The van der Waals surface area contributed by atoms with E-state index in [1.54, 1.807) is 13.2 Å². The van der Waals surface area contributed by atoms with E-state index in [2.05, 4.69) is 51.0 Å². The molecule has 6 nitrogen and oxygen atoms in total. The topological polar surface area (TPSA) is 70.6 Å². The number of anilines is 1. The molecule has 1 aliphatic rings. The van der Waals surface area contributed by atoms with Crippen molar-refractivity contribution in [3.8, 4) is 5.75 Å². The van der Waals surface area contributed by atoms with Crippen molar-refractivity contribution in [1.82, 2.24) is 15.6 Å². The van der Waals surface area contributed by atoms with E-state index in [0.29, 0.717) is 6.54 Å². The van der Waals surface area contributed by atoms with E-state index in [0.717, 1.165) is 56.0 Å². The van der Waals surface area contributed by atoms with Gasteiger partial charge in [-0.1, -0.05) is 18.2 Å². The third-order valence-corrected chi connectivity index (χ3v) is 4.93. The second-order valence-corrected chi connectivity index (χ2v) is 7.57. The number of hydrogen-bond donors (Lipinski definition) is 3. The van der Waals surface area contributed by atoms with E-state index in [-0.39, 0.29) is 24.0 Å². The van der Waals surface area contributed by atoms with Gasteiger partial charge in [0.25, 0.3) is 0 Å². The number of pyridine rings is 1. The Hall–Kier alpha value is -2.03. The molecule has 164 valence electrons. The number of hydrogen-bond acceptors (Lipinski definition) is 4. The zero-order chi connectivity index (χ0) is 20.3. The van der Waals surface area contributed by atoms with Crippen molar-refractivity contribution in [2.24, 2.45) is 10.9 Å². The van der Waals surface area contributed by atoms with Gasteiger partial charge in [0.15, 0.2) is 5.96 Å². The standard InChI is InChI=1S/C23H33N5O.HI/c1-18-8-11-20(21(15-18)29-17-19-9-10-19)16-28-23(24-2)27-14-6-5-13-26-22-7-3-4-12-25-22;/h3-4,7-8,11-12,15,19H,5-6,9-10,13-14,16-17H2,1-2H3,(H,25,26)(H2,24,27,28);1H. The SMILES string of the molecule is CN=C(NCCCCNc1ccccn1)NCc1ccc(C)cc1OCC1CC1.I. The van der Waals surface area contributed by atoms with Crippen molar-refractivity contribution in [2.75, 3.05) is 32.1 Å². The maximum absolute atomic E-state index is 6.06. The number of nitrogens with zero attached hydrogens (tertiary/aromatic N) is 2. The lowest BCUT2D eigenvalue weighted by Crippen LogP contribution is -2.37. The average molecular weight is 523 g/mol. The summed E-state index contributed by atoms with van der Waals surface area (Å²) in [7, 11) is 1.80. The van der Waals surface area contributed by atoms with Crippen LogP contribution in [0.15, 0.2) is 47.6 Å². The van der Waals surface area contributed by atoms with Gasteiger partial charge in [0.1, 0.15) is 11.6 Å². The molecule has 2 aromatic rings. The number of aliphatic imine (C=N–C) groups is 1. The lowest BCUT2D eigenvalue weighted by Gasteiger charge is -2.15. The summed E-state index contributed by atoms with van der Waals surface area (Å²) in [5.74, 6) is 3.48. The Morgan fingerprint density at radius 1 is 1.13 bits per heavy atom. The van der Waals surface area contributed by atoms with E-state index in [4.69, 9.17) is 4.74 Å². The van der Waals surface area contributed by atoms with Crippen LogP contribution in [0.4, 0.5) is 5.82 Å². The van der Waals surface area contributed by atoms with Crippen LogP contribution in [-0.4, -0.2) is 37.7 Å². The maximum Gasteiger partial charge on any atom is 0.191 e. The van der Waals surface area contributed by atoms with Gasteiger partial charge in [-0.2, -0.15) is 0 Å². The number of unbranched alkanes of at least 4 members (excludes halogenated alkanes) is 1. The Morgan fingerprint density at radius 2 is 1.97 bits per heavy atom. The average Bonchev–Trinajstić information content (AvgIpc) is 3.57. The molecule has 0 radical (unpaired) electrons. The first-order valence-electron chi connectivity index (χ1n) is 10.6. The highest BCUT2D eigenvalue weighted by Gasteiger charge is 2.22. The van der Waals surface area contributed by atoms with Crippen molar-refractivity contribution in [1.29, 1.82) is 0 Å². The molecular formula is C23H34IN5O. The number of benzene rings is 1. The van der Waals surface area contributed by atoms with Gasteiger partial charge < -0.3 is 20.7 Å². The van der Waals surface area contributed by atoms with Gasteiger partial charge in [0, 0.05) is 38.4 Å². The molecule has 0 atom stereocenters. The Morgan fingerprint density at radius 3 is 2.70 bits per heavy atom. The molecule has 1 aromatic heterocycles. The minimum absolute atomic E-state index is 0. The quantitative estimate of drug-likeness (QED) is 0.177. The summed E-state index contributed by atoms with van der Waals surface area (Å²) in [4.78, 5) is 8.59. The van der Waals surface area contributed by atoms with Crippen molar-refractivity contribution < 1.29 is 4.74 Å². The number of halogens is 1. The smallest absolute Gasteiger partial charge is 0.191 e. The first-order valence-corrected chi connectivity index (χ1v) is 10.6.